The van der Waals surface area contributed by atoms with Gasteiger partial charge in [-0.25, -0.2) is 5.48 Å². The molecule has 318 valence electrons. The predicted molar refractivity (Wildman–Crippen MR) is 258 cm³/mol. The molecule has 0 spiro atoms. The number of azo groups is 1. The van der Waals surface area contributed by atoms with Crippen molar-refractivity contribution in [1.29, 1.82) is 0 Å². The molecular weight excluding hydrogens is 795 g/mol. The maximum absolute atomic E-state index is 12.9. The Kier molecular flexibility index (Phi) is 13.5. The summed E-state index contributed by atoms with van der Waals surface area (Å²) in [4.78, 5) is 26.0. The highest BCUT2D eigenvalue weighted by atomic mass is 16.7. The van der Waals surface area contributed by atoms with Gasteiger partial charge in [0, 0.05) is 33.6 Å². The van der Waals surface area contributed by atoms with Crippen molar-refractivity contribution < 1.29 is 19.6 Å². The highest BCUT2D eigenvalue weighted by Crippen LogP contribution is 2.38. The summed E-state index contributed by atoms with van der Waals surface area (Å²) in [5, 5.41) is 24.8. The first-order chi connectivity index (χ1) is 31.3. The molecule has 2 N–H and O–H groups in total. The molecule has 0 unspecified atom stereocenters. The van der Waals surface area contributed by atoms with Crippen molar-refractivity contribution in [3.05, 3.63) is 220 Å². The van der Waals surface area contributed by atoms with E-state index in [4.69, 9.17) is 9.68 Å². The molecule has 0 saturated heterocycles. The Labute approximate surface area is 373 Å². The maximum Gasteiger partial charge on any atom is 0.245 e. The zero-order chi connectivity index (χ0) is 44.3. The van der Waals surface area contributed by atoms with E-state index < -0.39 is 0 Å². The Morgan fingerprint density at radius 3 is 1.86 bits per heavy atom. The average molecular weight is 844 g/mol. The van der Waals surface area contributed by atoms with Crippen LogP contribution in [0, 0.1) is 20.8 Å². The van der Waals surface area contributed by atoms with Crippen molar-refractivity contribution in [3.63, 3.8) is 0 Å². The van der Waals surface area contributed by atoms with Gasteiger partial charge in [-0.15, -0.1) is 5.11 Å². The number of oxime groups is 1. The Bertz CT molecular complexity index is 2860. The highest BCUT2D eigenvalue weighted by molar-refractivity contribution is 6.09. The Morgan fingerprint density at radius 2 is 1.22 bits per heavy atom. The molecule has 0 atom stereocenters. The number of fused-ring (bicyclic) bond motifs is 1. The smallest absolute Gasteiger partial charge is 0.245 e. The maximum atomic E-state index is 12.9. The molecule has 8 aromatic rings. The van der Waals surface area contributed by atoms with E-state index in [1.54, 1.807) is 30.3 Å². The minimum absolute atomic E-state index is 0.00784. The summed E-state index contributed by atoms with van der Waals surface area (Å²) in [6.45, 7) is 6.45. The van der Waals surface area contributed by atoms with E-state index in [0.29, 0.717) is 22.5 Å². The van der Waals surface area contributed by atoms with E-state index in [0.717, 1.165) is 63.9 Å². The van der Waals surface area contributed by atoms with Crippen LogP contribution < -0.4 is 10.4 Å². The molecule has 64 heavy (non-hydrogen) atoms. The molecule has 9 heteroatoms. The van der Waals surface area contributed by atoms with Crippen molar-refractivity contribution >= 4 is 57.1 Å². The number of benzene rings is 8. The molecule has 9 nitrogen and oxygen atoms in total. The van der Waals surface area contributed by atoms with E-state index in [-0.39, 0.29) is 18.1 Å². The second-order valence-electron chi connectivity index (χ2n) is 15.9. The number of hydrogen-bond acceptors (Lipinski definition) is 9. The first kappa shape index (κ1) is 42.6. The van der Waals surface area contributed by atoms with E-state index in [9.17, 15) is 9.90 Å². The molecule has 0 aliphatic carbocycles. The van der Waals surface area contributed by atoms with Crippen LogP contribution >= 0.6 is 0 Å². The van der Waals surface area contributed by atoms with Gasteiger partial charge in [-0.2, -0.15) is 5.11 Å². The summed E-state index contributed by atoms with van der Waals surface area (Å²) < 4.78 is 0. The van der Waals surface area contributed by atoms with Gasteiger partial charge in [-0.1, -0.05) is 102 Å². The number of aromatic hydroxyl groups is 1. The van der Waals surface area contributed by atoms with Crippen LogP contribution in [0.5, 0.6) is 5.75 Å². The summed E-state index contributed by atoms with van der Waals surface area (Å²) in [6, 6.07) is 57.8. The van der Waals surface area contributed by atoms with Crippen molar-refractivity contribution in [2.45, 2.75) is 46.6 Å². The van der Waals surface area contributed by atoms with Gasteiger partial charge >= 0.3 is 0 Å². The second-order valence-corrected chi connectivity index (χ2v) is 15.9. The standard InChI is InChI=1S/C55H49N5O4/c1-38-13-20-44(21-14-38)55(62)45-22-27-47(28-23-45)57-58-54-52-31-19-43(35-46(52)24-32-53(54)61)36-63-56-37-64-59-48-25-15-41(16-26-48)9-6-10-42-17-29-49(30-18-42)60(50-11-4-7-39(2)33-50)51-12-5-8-40(3)34-51/h4-5,7-8,11-35,37,59,61H,6,9-10,36H2,1-3H3/b56-37+,58-57?. The predicted octanol–water partition coefficient (Wildman–Crippen LogP) is 14.3. The van der Waals surface area contributed by atoms with Gasteiger partial charge in [-0.05, 0) is 158 Å². The lowest BCUT2D eigenvalue weighted by Gasteiger charge is -2.26. The van der Waals surface area contributed by atoms with Crippen LogP contribution in [0.2, 0.25) is 0 Å². The Morgan fingerprint density at radius 1 is 0.609 bits per heavy atom. The molecule has 0 fully saturated rings. The van der Waals surface area contributed by atoms with Crippen LogP contribution in [0.3, 0.4) is 0 Å². The number of ketones is 1. The zero-order valence-electron chi connectivity index (χ0n) is 36.1. The molecular formula is C55H49N5O4. The zero-order valence-corrected chi connectivity index (χ0v) is 36.1. The fraction of sp³-hybridized carbons (Fsp3) is 0.127. The first-order valence-electron chi connectivity index (χ1n) is 21.3. The lowest BCUT2D eigenvalue weighted by Crippen LogP contribution is -2.10. The number of carbonyl (C=O) groups is 1. The van der Waals surface area contributed by atoms with Crippen LogP contribution in [0.4, 0.5) is 34.1 Å². The molecule has 0 aromatic heterocycles. The monoisotopic (exact) mass is 843 g/mol. The average Bonchev–Trinajstić information content (AvgIpc) is 3.31. The van der Waals surface area contributed by atoms with Crippen LogP contribution in [0.1, 0.15) is 55.7 Å². The number of anilines is 4. The second kappa shape index (κ2) is 20.2. The Balaban J connectivity index is 0.778. The van der Waals surface area contributed by atoms with Gasteiger partial charge in [0.1, 0.15) is 18.0 Å². The molecule has 0 aliphatic heterocycles. The summed E-state index contributed by atoms with van der Waals surface area (Å²) >= 11 is 0. The molecule has 0 saturated carbocycles. The van der Waals surface area contributed by atoms with E-state index in [1.807, 2.05) is 67.6 Å². The van der Waals surface area contributed by atoms with Gasteiger partial charge in [0.15, 0.2) is 5.78 Å². The summed E-state index contributed by atoms with van der Waals surface area (Å²) in [5.74, 6) is -0.0541. The minimum atomic E-state index is -0.0619. The molecule has 0 aliphatic rings. The molecule has 0 bridgehead atoms. The lowest BCUT2D eigenvalue weighted by molar-refractivity contribution is 0.103. The van der Waals surface area contributed by atoms with Crippen molar-refractivity contribution in [2.24, 2.45) is 15.4 Å². The van der Waals surface area contributed by atoms with E-state index >= 15 is 0 Å². The number of phenols is 1. The van der Waals surface area contributed by atoms with Crippen molar-refractivity contribution in [3.8, 4) is 5.75 Å². The fourth-order valence-corrected chi connectivity index (χ4v) is 7.49. The summed E-state index contributed by atoms with van der Waals surface area (Å²) in [5.41, 5.74) is 16.2. The topological polar surface area (TPSA) is 108 Å². The third-order valence-electron chi connectivity index (χ3n) is 10.9. The minimum Gasteiger partial charge on any atom is -0.506 e. The van der Waals surface area contributed by atoms with Crippen LogP contribution in [-0.4, -0.2) is 17.3 Å². The Hall–Kier alpha value is -8.04. The van der Waals surface area contributed by atoms with Gasteiger partial charge in [0.2, 0.25) is 6.40 Å². The van der Waals surface area contributed by atoms with Crippen LogP contribution in [0.25, 0.3) is 10.8 Å². The largest absolute Gasteiger partial charge is 0.506 e. The summed E-state index contributed by atoms with van der Waals surface area (Å²) in [6.07, 6.45) is 4.20. The lowest BCUT2D eigenvalue weighted by atomic mass is 10.0. The van der Waals surface area contributed by atoms with E-state index in [1.165, 1.54) is 28.7 Å². The third-order valence-corrected chi connectivity index (χ3v) is 10.9. The molecule has 0 amide bonds. The van der Waals surface area contributed by atoms with E-state index in [2.05, 4.69) is 125 Å². The van der Waals surface area contributed by atoms with Crippen molar-refractivity contribution in [2.75, 3.05) is 10.4 Å². The normalized spacial score (nSPS) is 11.3. The summed E-state index contributed by atoms with van der Waals surface area (Å²) in [7, 11) is 0. The van der Waals surface area contributed by atoms with Gasteiger partial charge in [-0.3, -0.25) is 4.79 Å². The van der Waals surface area contributed by atoms with Gasteiger partial charge in [0.25, 0.3) is 0 Å². The molecule has 0 radical (unpaired) electrons. The number of rotatable bonds is 17. The number of nitrogens with one attached hydrogen (secondary N) is 1. The fourth-order valence-electron chi connectivity index (χ4n) is 7.49. The van der Waals surface area contributed by atoms with Gasteiger partial charge in [0.05, 0.1) is 11.4 Å². The quantitative estimate of drug-likeness (QED) is 0.0311. The third kappa shape index (κ3) is 10.9. The number of phenolic OH excluding ortho intramolecular Hbond substituents is 1. The number of nitrogens with zero attached hydrogens (tertiary/aromatic N) is 4. The molecule has 8 aromatic carbocycles. The number of carbonyl (C=O) groups excluding carboxylic acids is 1. The number of aryl methyl sites for hydroxylation is 5. The SMILES string of the molecule is Cc1ccc(C(=O)c2ccc(N=Nc3c(O)ccc4cc(CO/N=C/ONc5ccc(CCCc6ccc(N(c7cccc(C)c7)c7cccc(C)c7)cc6)cc5)ccc34)cc2)cc1. The van der Waals surface area contributed by atoms with Crippen LogP contribution in [-0.2, 0) is 29.1 Å². The van der Waals surface area contributed by atoms with Crippen molar-refractivity contribution in [1.82, 2.24) is 0 Å². The molecule has 8 rings (SSSR count). The van der Waals surface area contributed by atoms with Gasteiger partial charge < -0.3 is 19.7 Å². The van der Waals surface area contributed by atoms with Crippen LogP contribution in [0.15, 0.2) is 191 Å². The molecule has 0 heterocycles. The highest BCUT2D eigenvalue weighted by Gasteiger charge is 2.14. The number of hydrogen-bond donors (Lipinski definition) is 2. The first-order valence-corrected chi connectivity index (χ1v) is 21.3.